The van der Waals surface area contributed by atoms with Crippen LogP contribution in [0.25, 0.3) is 0 Å². The van der Waals surface area contributed by atoms with Gasteiger partial charge in [-0.3, -0.25) is 0 Å². The first-order valence-corrected chi connectivity index (χ1v) is 0. The van der Waals surface area contributed by atoms with Crippen molar-refractivity contribution >= 4 is 29.3 Å². The molecule has 0 spiro atoms. The molecule has 0 aromatic rings. The Hall–Kier alpha value is 0.712. The lowest BCUT2D eigenvalue weighted by atomic mass is 10.8. The summed E-state index contributed by atoms with van der Waals surface area (Å²) >= 11 is 0. The van der Waals surface area contributed by atoms with Crippen molar-refractivity contribution in [3.63, 3.8) is 0 Å². The standard InChI is InChI=1S/CH4.B.H3P.H4Si/h1H4;;1H3;1H4. The number of hydrogen-bond donors (Lipinski definition) is 0. The first-order valence-electron chi connectivity index (χ1n) is 0. The maximum atomic E-state index is 0. The van der Waals surface area contributed by atoms with Crippen molar-refractivity contribution in [3.8, 4) is 0 Å². The second kappa shape index (κ2) is 53.9. The minimum atomic E-state index is 0. The summed E-state index contributed by atoms with van der Waals surface area (Å²) in [5, 5.41) is 0. The van der Waals surface area contributed by atoms with Crippen LogP contribution in [-0.4, -0.2) is 19.4 Å². The van der Waals surface area contributed by atoms with Crippen LogP contribution in [0.5, 0.6) is 0 Å². The lowest BCUT2D eigenvalue weighted by Gasteiger charge is -0.153. The Bertz CT molecular complexity index is 8.00. The molecule has 0 aromatic heterocycles. The predicted octanol–water partition coefficient (Wildman–Crippen LogP) is -1.14. The van der Waals surface area contributed by atoms with Crippen molar-refractivity contribution < 1.29 is 0 Å². The van der Waals surface area contributed by atoms with E-state index in [1.807, 2.05) is 0 Å². The lowest BCUT2D eigenvalue weighted by molar-refractivity contribution is 2.50. The molecule has 0 aliphatic heterocycles. The molecular formula is CH11BPSi. The summed E-state index contributed by atoms with van der Waals surface area (Å²) in [5.74, 6) is 0. The molecule has 1 atom stereocenters. The van der Waals surface area contributed by atoms with Crippen molar-refractivity contribution in [2.75, 3.05) is 0 Å². The van der Waals surface area contributed by atoms with E-state index < -0.39 is 0 Å². The van der Waals surface area contributed by atoms with E-state index in [2.05, 4.69) is 0 Å². The highest BCUT2D eigenvalue weighted by Crippen LogP contribution is 0.861. The molecular weight excluding hydrogens is 81.9 g/mol. The van der Waals surface area contributed by atoms with E-state index in [4.69, 9.17) is 0 Å². The first-order chi connectivity index (χ1) is 0. The van der Waals surface area contributed by atoms with Gasteiger partial charge in [0.05, 0.1) is 0 Å². The third kappa shape index (κ3) is 15.7. The number of rotatable bonds is 0. The van der Waals surface area contributed by atoms with E-state index in [0.29, 0.717) is 0 Å². The Kier molecular flexibility index (Phi) is 1730. The van der Waals surface area contributed by atoms with Crippen LogP contribution in [0.4, 0.5) is 0 Å². The van der Waals surface area contributed by atoms with Crippen LogP contribution in [0, 0.1) is 0 Å². The minimum absolute atomic E-state index is 0. The number of hydrogen-bond acceptors (Lipinski definition) is 0. The van der Waals surface area contributed by atoms with E-state index in [-0.39, 0.29) is 36.7 Å². The zero-order valence-corrected chi connectivity index (χ0v) is 2.70. The van der Waals surface area contributed by atoms with Gasteiger partial charge in [0.25, 0.3) is 0 Å². The molecule has 0 aromatic carbocycles. The highest BCUT2D eigenvalue weighted by atomic mass is 31.0. The summed E-state index contributed by atoms with van der Waals surface area (Å²) in [7, 11) is 0. The van der Waals surface area contributed by atoms with Gasteiger partial charge in [-0.15, -0.1) is 0 Å². The molecule has 0 rings (SSSR count). The predicted molar refractivity (Wildman–Crippen MR) is 34.9 cm³/mol. The van der Waals surface area contributed by atoms with Crippen molar-refractivity contribution in [1.29, 1.82) is 0 Å². The lowest BCUT2D eigenvalue weighted by Crippen LogP contribution is -0.382. The topological polar surface area (TPSA) is 0 Å². The Morgan fingerprint density at radius 1 is 1.00 bits per heavy atom. The average Bonchev–Trinajstić information content (AvgIpc) is 0. The maximum absolute atomic E-state index is 0. The molecule has 0 N–H and O–H groups in total. The second-order valence-electron chi connectivity index (χ2n) is 0. The smallest absolute Gasteiger partial charge is 0 e. The fraction of sp³-hybridized carbons (Fsp3) is 1.00. The van der Waals surface area contributed by atoms with Crippen molar-refractivity contribution in [3.05, 3.63) is 0 Å². The summed E-state index contributed by atoms with van der Waals surface area (Å²) in [6.45, 7) is 0. The van der Waals surface area contributed by atoms with Crippen molar-refractivity contribution in [2.45, 2.75) is 7.43 Å². The average molecular weight is 93.0 g/mol. The summed E-state index contributed by atoms with van der Waals surface area (Å²) < 4.78 is 0. The van der Waals surface area contributed by atoms with Crippen LogP contribution in [0.1, 0.15) is 7.43 Å². The normalized spacial score (nSPS) is 0. The first kappa shape index (κ1) is 128. The van der Waals surface area contributed by atoms with Crippen molar-refractivity contribution in [2.24, 2.45) is 0 Å². The van der Waals surface area contributed by atoms with Crippen molar-refractivity contribution in [1.82, 2.24) is 0 Å². The zero-order valence-electron chi connectivity index (χ0n) is 1.28. The van der Waals surface area contributed by atoms with Gasteiger partial charge in [-0.05, 0) is 11.0 Å². The van der Waals surface area contributed by atoms with Gasteiger partial charge in [0.2, 0.25) is 0 Å². The second-order valence-corrected chi connectivity index (χ2v) is 0. The third-order valence-electron chi connectivity index (χ3n) is 0. The maximum Gasteiger partial charge on any atom is 0 e. The summed E-state index contributed by atoms with van der Waals surface area (Å²) in [5.41, 5.74) is 0. The molecule has 0 nitrogen and oxygen atoms in total. The molecule has 0 fully saturated rings. The molecule has 0 aliphatic rings. The van der Waals surface area contributed by atoms with Crippen LogP contribution < -0.4 is 0 Å². The fourth-order valence-electron chi connectivity index (χ4n) is 0. The molecule has 3 radical (unpaired) electrons. The molecule has 1 unspecified atom stereocenters. The monoisotopic (exact) mass is 93.0 g/mol. The molecule has 4 heavy (non-hydrogen) atoms. The van der Waals surface area contributed by atoms with Gasteiger partial charge in [0, 0.05) is 8.41 Å². The highest BCUT2D eigenvalue weighted by Gasteiger charge is 0.0000892. The van der Waals surface area contributed by atoms with Gasteiger partial charge in [-0.25, -0.2) is 0 Å². The summed E-state index contributed by atoms with van der Waals surface area (Å²) in [4.78, 5) is 0. The van der Waals surface area contributed by atoms with Gasteiger partial charge in [0.1, 0.15) is 0 Å². The molecule has 0 aliphatic carbocycles. The van der Waals surface area contributed by atoms with Crippen LogP contribution in [0.2, 0.25) is 0 Å². The molecule has 0 saturated carbocycles. The van der Waals surface area contributed by atoms with E-state index in [9.17, 15) is 0 Å². The van der Waals surface area contributed by atoms with Crippen LogP contribution in [0.3, 0.4) is 0 Å². The quantitative estimate of drug-likeness (QED) is 0.262. The van der Waals surface area contributed by atoms with Gasteiger partial charge >= 0.3 is 0 Å². The minimum Gasteiger partial charge on any atom is -0.153 e. The SMILES string of the molecule is C.P.[B].[SiH4]. The van der Waals surface area contributed by atoms with Crippen LogP contribution >= 0.6 is 9.90 Å². The molecule has 27 valence electrons. The fourth-order valence-corrected chi connectivity index (χ4v) is 0. The van der Waals surface area contributed by atoms with Gasteiger partial charge in [0.15, 0.2) is 0 Å². The zero-order chi connectivity index (χ0) is 0. The van der Waals surface area contributed by atoms with Crippen LogP contribution in [-0.2, 0) is 0 Å². The highest BCUT2D eigenvalue weighted by molar-refractivity contribution is 6.92. The van der Waals surface area contributed by atoms with E-state index in [0.717, 1.165) is 0 Å². The van der Waals surface area contributed by atoms with E-state index in [1.165, 1.54) is 0 Å². The Morgan fingerprint density at radius 3 is 1.00 bits per heavy atom. The molecule has 0 amide bonds. The van der Waals surface area contributed by atoms with Gasteiger partial charge in [-0.2, -0.15) is 9.90 Å². The van der Waals surface area contributed by atoms with E-state index in [1.54, 1.807) is 0 Å². The third-order valence-corrected chi connectivity index (χ3v) is 0. The summed E-state index contributed by atoms with van der Waals surface area (Å²) in [6, 6.07) is 0. The Labute approximate surface area is 37.6 Å². The summed E-state index contributed by atoms with van der Waals surface area (Å²) in [6.07, 6.45) is 0. The van der Waals surface area contributed by atoms with E-state index >= 15 is 0 Å². The molecule has 0 saturated heterocycles. The Balaban J connectivity index is 0. The van der Waals surface area contributed by atoms with Gasteiger partial charge < -0.3 is 0 Å². The Morgan fingerprint density at radius 2 is 1.00 bits per heavy atom. The van der Waals surface area contributed by atoms with Gasteiger partial charge in [-0.1, -0.05) is 7.43 Å². The molecule has 0 heterocycles. The van der Waals surface area contributed by atoms with Crippen LogP contribution in [0.15, 0.2) is 0 Å². The molecule has 3 heteroatoms. The largest absolute Gasteiger partial charge is 0.153 e. The molecule has 0 bridgehead atoms.